The van der Waals surface area contributed by atoms with E-state index >= 15 is 0 Å². The van der Waals surface area contributed by atoms with E-state index in [0.717, 1.165) is 12.1 Å². The zero-order valence-electron chi connectivity index (χ0n) is 15.6. The minimum absolute atomic E-state index is 0.0174. The Morgan fingerprint density at radius 3 is 2.43 bits per heavy atom. The van der Waals surface area contributed by atoms with Crippen LogP contribution in [0.15, 0.2) is 29.2 Å². The van der Waals surface area contributed by atoms with Crippen molar-refractivity contribution >= 4 is 15.9 Å². The molecule has 3 rings (SSSR count). The quantitative estimate of drug-likeness (QED) is 0.811. The number of sulfonamides is 1. The van der Waals surface area contributed by atoms with Gasteiger partial charge in [-0.3, -0.25) is 4.79 Å². The van der Waals surface area contributed by atoms with Gasteiger partial charge in [0, 0.05) is 27.1 Å². The minimum atomic E-state index is -4.61. The minimum Gasteiger partial charge on any atom is -0.379 e. The normalized spacial score (nSPS) is 28.8. The number of benzene rings is 1. The van der Waals surface area contributed by atoms with Crippen LogP contribution in [0, 0.1) is 11.8 Å². The molecule has 1 N–H and O–H groups in total. The Bertz CT molecular complexity index is 843. The number of alkyl halides is 3. The Morgan fingerprint density at radius 1 is 1.21 bits per heavy atom. The number of fused-ring (bicyclic) bond motifs is 1. The van der Waals surface area contributed by atoms with Crippen LogP contribution in [0.25, 0.3) is 0 Å². The van der Waals surface area contributed by atoms with Crippen LogP contribution in [0.1, 0.15) is 25.3 Å². The third kappa shape index (κ3) is 4.18. The van der Waals surface area contributed by atoms with E-state index in [9.17, 15) is 26.4 Å². The third-order valence-corrected chi connectivity index (χ3v) is 7.40. The zero-order valence-corrected chi connectivity index (χ0v) is 16.4. The maximum absolute atomic E-state index is 12.9. The van der Waals surface area contributed by atoms with Gasteiger partial charge in [-0.1, -0.05) is 6.07 Å². The number of amides is 1. The Morgan fingerprint density at radius 2 is 1.86 bits per heavy atom. The lowest BCUT2D eigenvalue weighted by Gasteiger charge is -2.37. The summed E-state index contributed by atoms with van der Waals surface area (Å²) < 4.78 is 71.4. The first kappa shape index (κ1) is 21.1. The van der Waals surface area contributed by atoms with Crippen molar-refractivity contribution in [3.05, 3.63) is 29.8 Å². The Balaban J connectivity index is 1.80. The molecule has 1 aromatic carbocycles. The monoisotopic (exact) mass is 420 g/mol. The molecule has 1 saturated heterocycles. The number of nitrogens with one attached hydrogen (secondary N) is 1. The molecule has 0 aromatic heterocycles. The molecular weight excluding hydrogens is 397 g/mol. The summed E-state index contributed by atoms with van der Waals surface area (Å²) in [6.45, 7) is 1.86. The molecule has 0 spiro atoms. The van der Waals surface area contributed by atoms with Crippen molar-refractivity contribution in [1.29, 1.82) is 0 Å². The molecule has 10 heteroatoms. The fourth-order valence-electron chi connectivity index (χ4n) is 4.22. The van der Waals surface area contributed by atoms with Gasteiger partial charge < -0.3 is 10.1 Å². The van der Waals surface area contributed by atoms with Crippen LogP contribution in [0.4, 0.5) is 13.2 Å². The molecule has 2 fully saturated rings. The summed E-state index contributed by atoms with van der Waals surface area (Å²) in [6.07, 6.45) is -3.68. The summed E-state index contributed by atoms with van der Waals surface area (Å²) >= 11 is 0. The molecule has 1 aliphatic carbocycles. The van der Waals surface area contributed by atoms with Gasteiger partial charge in [0.2, 0.25) is 15.9 Å². The van der Waals surface area contributed by atoms with E-state index in [0.29, 0.717) is 18.9 Å². The maximum Gasteiger partial charge on any atom is 0.416 e. The number of hydrogen-bond donors (Lipinski definition) is 1. The number of methoxy groups -OCH3 is 1. The number of carbonyl (C=O) groups is 1. The molecule has 0 bridgehead atoms. The summed E-state index contributed by atoms with van der Waals surface area (Å²) in [6, 6.07) is 3.61. The van der Waals surface area contributed by atoms with Crippen LogP contribution in [0.5, 0.6) is 0 Å². The van der Waals surface area contributed by atoms with Crippen molar-refractivity contribution in [2.24, 2.45) is 11.8 Å². The van der Waals surface area contributed by atoms with E-state index in [1.54, 1.807) is 7.11 Å². The molecule has 156 valence electrons. The standard InChI is InChI=1S/C18H23F3N2O4S/c1-11(24)22-16-6-12-9-23(10-13(12)7-17(16)27-2)28(25,26)15-5-3-4-14(8-15)18(19,20)21/h3-5,8,12-13,16-17H,6-7,9-10H2,1-2H3,(H,22,24)/t12-,13+,16-,17-/m1/s1. The van der Waals surface area contributed by atoms with Gasteiger partial charge in [0.25, 0.3) is 0 Å². The Labute approximate surface area is 162 Å². The summed E-state index contributed by atoms with van der Waals surface area (Å²) in [5, 5.41) is 2.85. The van der Waals surface area contributed by atoms with E-state index in [-0.39, 0.29) is 47.9 Å². The largest absolute Gasteiger partial charge is 0.416 e. The van der Waals surface area contributed by atoms with Crippen molar-refractivity contribution in [2.45, 2.75) is 43.0 Å². The molecule has 0 radical (unpaired) electrons. The molecule has 1 amide bonds. The molecule has 28 heavy (non-hydrogen) atoms. The van der Waals surface area contributed by atoms with Crippen LogP contribution in [-0.2, 0) is 25.7 Å². The highest BCUT2D eigenvalue weighted by Crippen LogP contribution is 2.40. The second-order valence-corrected chi connectivity index (χ2v) is 9.36. The highest BCUT2D eigenvalue weighted by Gasteiger charge is 2.46. The number of carbonyl (C=O) groups excluding carboxylic acids is 1. The van der Waals surface area contributed by atoms with Gasteiger partial charge in [0.1, 0.15) is 0 Å². The van der Waals surface area contributed by atoms with Gasteiger partial charge in [-0.15, -0.1) is 0 Å². The molecule has 1 aromatic rings. The number of hydrogen-bond acceptors (Lipinski definition) is 4. The van der Waals surface area contributed by atoms with Gasteiger partial charge >= 0.3 is 6.18 Å². The second-order valence-electron chi connectivity index (χ2n) is 7.42. The second kappa shape index (κ2) is 7.64. The van der Waals surface area contributed by atoms with Crippen LogP contribution in [0.3, 0.4) is 0 Å². The summed E-state index contributed by atoms with van der Waals surface area (Å²) in [5.74, 6) is -0.128. The summed E-state index contributed by atoms with van der Waals surface area (Å²) in [7, 11) is -2.49. The van der Waals surface area contributed by atoms with E-state index in [2.05, 4.69) is 5.32 Å². The molecular formula is C18H23F3N2O4S. The van der Waals surface area contributed by atoms with Crippen LogP contribution in [-0.4, -0.2) is 51.0 Å². The summed E-state index contributed by atoms with van der Waals surface area (Å²) in [4.78, 5) is 11.1. The van der Waals surface area contributed by atoms with Crippen molar-refractivity contribution in [2.75, 3.05) is 20.2 Å². The summed E-state index contributed by atoms with van der Waals surface area (Å²) in [5.41, 5.74) is -0.990. The van der Waals surface area contributed by atoms with Gasteiger partial charge in [0.05, 0.1) is 22.6 Å². The fourth-order valence-corrected chi connectivity index (χ4v) is 5.82. The predicted molar refractivity (Wildman–Crippen MR) is 94.8 cm³/mol. The first-order valence-electron chi connectivity index (χ1n) is 8.99. The lowest BCUT2D eigenvalue weighted by atomic mass is 9.77. The number of halogens is 3. The van der Waals surface area contributed by atoms with Gasteiger partial charge in [-0.05, 0) is 42.9 Å². The zero-order chi connectivity index (χ0) is 20.7. The number of ether oxygens (including phenoxy) is 1. The molecule has 1 heterocycles. The highest BCUT2D eigenvalue weighted by molar-refractivity contribution is 7.89. The molecule has 4 atom stereocenters. The molecule has 1 saturated carbocycles. The van der Waals surface area contributed by atoms with Crippen molar-refractivity contribution < 1.29 is 31.1 Å². The van der Waals surface area contributed by atoms with Gasteiger partial charge in [0.15, 0.2) is 0 Å². The number of rotatable bonds is 4. The molecule has 0 unspecified atom stereocenters. The van der Waals surface area contributed by atoms with Crippen LogP contribution in [0.2, 0.25) is 0 Å². The molecule has 1 aliphatic heterocycles. The van der Waals surface area contributed by atoms with E-state index in [1.165, 1.54) is 17.3 Å². The van der Waals surface area contributed by atoms with Crippen molar-refractivity contribution in [3.8, 4) is 0 Å². The van der Waals surface area contributed by atoms with E-state index in [4.69, 9.17) is 4.74 Å². The van der Waals surface area contributed by atoms with E-state index < -0.39 is 21.8 Å². The molecule has 2 aliphatic rings. The van der Waals surface area contributed by atoms with Gasteiger partial charge in [-0.2, -0.15) is 17.5 Å². The Hall–Kier alpha value is -1.65. The SMILES string of the molecule is CO[C@@H]1C[C@H]2CN(S(=O)(=O)c3cccc(C(F)(F)F)c3)C[C@H]2C[C@H]1NC(C)=O. The first-order valence-corrected chi connectivity index (χ1v) is 10.4. The van der Waals surface area contributed by atoms with Gasteiger partial charge in [-0.25, -0.2) is 8.42 Å². The first-order chi connectivity index (χ1) is 13.0. The lowest BCUT2D eigenvalue weighted by Crippen LogP contribution is -2.49. The highest BCUT2D eigenvalue weighted by atomic mass is 32.2. The average molecular weight is 420 g/mol. The van der Waals surface area contributed by atoms with Crippen molar-refractivity contribution in [3.63, 3.8) is 0 Å². The Kier molecular flexibility index (Phi) is 5.75. The lowest BCUT2D eigenvalue weighted by molar-refractivity contribution is -0.137. The molecule has 6 nitrogen and oxygen atoms in total. The fraction of sp³-hybridized carbons (Fsp3) is 0.611. The average Bonchev–Trinajstić information content (AvgIpc) is 3.03. The maximum atomic E-state index is 12.9. The van der Waals surface area contributed by atoms with Crippen LogP contribution < -0.4 is 5.32 Å². The third-order valence-electron chi connectivity index (χ3n) is 5.57. The van der Waals surface area contributed by atoms with Crippen molar-refractivity contribution in [1.82, 2.24) is 9.62 Å². The number of nitrogens with zero attached hydrogens (tertiary/aromatic N) is 1. The van der Waals surface area contributed by atoms with Crippen LogP contribution >= 0.6 is 0 Å². The topological polar surface area (TPSA) is 75.7 Å². The predicted octanol–water partition coefficient (Wildman–Crippen LogP) is 2.26. The van der Waals surface area contributed by atoms with E-state index in [1.807, 2.05) is 0 Å². The smallest absolute Gasteiger partial charge is 0.379 e.